The fourth-order valence-corrected chi connectivity index (χ4v) is 6.82. The quantitative estimate of drug-likeness (QED) is 0.0199. The molecule has 0 radical (unpaired) electrons. The predicted molar refractivity (Wildman–Crippen MR) is 270 cm³/mol. The molecule has 358 valence electrons. The highest BCUT2D eigenvalue weighted by Gasteiger charge is 2.19. The Labute approximate surface area is 387 Å². The lowest BCUT2D eigenvalue weighted by molar-refractivity contribution is -0.167. The van der Waals surface area contributed by atoms with E-state index in [2.05, 4.69) is 118 Å². The van der Waals surface area contributed by atoms with Crippen molar-refractivity contribution in [3.63, 3.8) is 0 Å². The fraction of sp³-hybridized carbons (Fsp3) is 0.667. The Morgan fingerprint density at radius 3 is 1.08 bits per heavy atom. The summed E-state index contributed by atoms with van der Waals surface area (Å²) < 4.78 is 16.8. The monoisotopic (exact) mass is 875 g/mol. The van der Waals surface area contributed by atoms with Crippen LogP contribution in [0.25, 0.3) is 0 Å². The second kappa shape index (κ2) is 51.0. The van der Waals surface area contributed by atoms with E-state index in [-0.39, 0.29) is 31.1 Å². The third-order valence-corrected chi connectivity index (χ3v) is 10.7. The van der Waals surface area contributed by atoms with E-state index >= 15 is 0 Å². The summed E-state index contributed by atoms with van der Waals surface area (Å²) >= 11 is 0. The largest absolute Gasteiger partial charge is 0.462 e. The Bertz CT molecular complexity index is 1280. The molecule has 0 aliphatic carbocycles. The number of carbonyl (C=O) groups is 3. The molecule has 0 saturated carbocycles. The topological polar surface area (TPSA) is 78.9 Å². The Kier molecular flexibility index (Phi) is 48.0. The molecule has 0 aromatic rings. The van der Waals surface area contributed by atoms with Crippen LogP contribution in [0.3, 0.4) is 0 Å². The highest BCUT2D eigenvalue weighted by Crippen LogP contribution is 2.14. The van der Waals surface area contributed by atoms with Gasteiger partial charge in [0.1, 0.15) is 13.2 Å². The summed E-state index contributed by atoms with van der Waals surface area (Å²) in [6.07, 6.45) is 66.7. The lowest BCUT2D eigenvalue weighted by Crippen LogP contribution is -2.30. The van der Waals surface area contributed by atoms with Crippen LogP contribution in [0.2, 0.25) is 0 Å². The minimum absolute atomic E-state index is 0.0946. The third kappa shape index (κ3) is 49.2. The maximum Gasteiger partial charge on any atom is 0.306 e. The summed E-state index contributed by atoms with van der Waals surface area (Å²) in [7, 11) is 0. The number of allylic oxidation sites excluding steroid dienone is 16. The van der Waals surface area contributed by atoms with Crippen LogP contribution in [-0.2, 0) is 28.6 Å². The number of esters is 3. The number of hydrogen-bond acceptors (Lipinski definition) is 6. The van der Waals surface area contributed by atoms with Gasteiger partial charge in [0.05, 0.1) is 0 Å². The minimum Gasteiger partial charge on any atom is -0.462 e. The number of hydrogen-bond donors (Lipinski definition) is 0. The standard InChI is InChI=1S/C57H94O6/c1-4-7-10-13-16-19-22-25-27-28-30-32-35-38-41-44-47-50-56(59)62-53-54(52-61-55(58)49-46-43-40-37-34-31-24-21-18-15-12-9-6-3)63-57(60)51-48-45-42-39-36-33-29-26-23-20-17-14-11-8-5-2/h8-9,11-12,14-21,23-25,27,54H,4-7,10,13,22,26,28-53H2,1-3H3/b11-8+,12-9+,17-14+,18-15+,19-16+,23-20+,24-21+,27-25+. The van der Waals surface area contributed by atoms with E-state index in [1.807, 2.05) is 0 Å². The van der Waals surface area contributed by atoms with E-state index in [9.17, 15) is 14.4 Å². The van der Waals surface area contributed by atoms with Crippen LogP contribution in [0, 0.1) is 0 Å². The molecular formula is C57H94O6. The van der Waals surface area contributed by atoms with Gasteiger partial charge in [-0.25, -0.2) is 0 Å². The van der Waals surface area contributed by atoms with Gasteiger partial charge in [0.15, 0.2) is 6.10 Å². The highest BCUT2D eigenvalue weighted by molar-refractivity contribution is 5.71. The molecule has 0 N–H and O–H groups in total. The Morgan fingerprint density at radius 1 is 0.349 bits per heavy atom. The zero-order chi connectivity index (χ0) is 45.8. The van der Waals surface area contributed by atoms with Crippen molar-refractivity contribution in [2.45, 2.75) is 232 Å². The average Bonchev–Trinajstić information content (AvgIpc) is 3.28. The normalized spacial score (nSPS) is 12.9. The SMILES string of the molecule is CC/C=C/C=C/C=C/CCCCCCCCCC(=O)OC(COC(=O)CCCCCCC/C=C/C=C/C=C/CC)COC(=O)CCCCCCCCC/C=C/C/C=C/CCCCC. The molecule has 0 spiro atoms. The van der Waals surface area contributed by atoms with Crippen LogP contribution in [0.5, 0.6) is 0 Å². The van der Waals surface area contributed by atoms with Crippen molar-refractivity contribution in [1.29, 1.82) is 0 Å². The molecule has 0 rings (SSSR count). The van der Waals surface area contributed by atoms with E-state index in [0.717, 1.165) is 116 Å². The van der Waals surface area contributed by atoms with E-state index in [1.165, 1.54) is 70.6 Å². The van der Waals surface area contributed by atoms with Crippen molar-refractivity contribution in [2.24, 2.45) is 0 Å². The van der Waals surface area contributed by atoms with Gasteiger partial charge in [-0.1, -0.05) is 214 Å². The average molecular weight is 875 g/mol. The molecule has 0 bridgehead atoms. The summed E-state index contributed by atoms with van der Waals surface area (Å²) in [5.74, 6) is -0.938. The minimum atomic E-state index is -0.796. The number of unbranched alkanes of at least 4 members (excludes halogenated alkanes) is 22. The van der Waals surface area contributed by atoms with E-state index in [1.54, 1.807) is 0 Å². The van der Waals surface area contributed by atoms with Crippen LogP contribution in [0.1, 0.15) is 226 Å². The van der Waals surface area contributed by atoms with Gasteiger partial charge >= 0.3 is 17.9 Å². The van der Waals surface area contributed by atoms with E-state index in [0.29, 0.717) is 19.3 Å². The van der Waals surface area contributed by atoms with Gasteiger partial charge in [0.2, 0.25) is 0 Å². The van der Waals surface area contributed by atoms with Crippen molar-refractivity contribution >= 4 is 17.9 Å². The first-order valence-corrected chi connectivity index (χ1v) is 25.8. The molecule has 0 aromatic heterocycles. The third-order valence-electron chi connectivity index (χ3n) is 10.7. The first-order valence-electron chi connectivity index (χ1n) is 25.8. The van der Waals surface area contributed by atoms with Crippen LogP contribution in [0.4, 0.5) is 0 Å². The van der Waals surface area contributed by atoms with Gasteiger partial charge in [0, 0.05) is 19.3 Å². The molecule has 0 heterocycles. The Hall–Kier alpha value is -3.67. The maximum absolute atomic E-state index is 12.8. The molecule has 0 aliphatic rings. The van der Waals surface area contributed by atoms with Crippen molar-refractivity contribution in [2.75, 3.05) is 13.2 Å². The van der Waals surface area contributed by atoms with Crippen molar-refractivity contribution < 1.29 is 28.6 Å². The van der Waals surface area contributed by atoms with Gasteiger partial charge in [-0.3, -0.25) is 14.4 Å². The molecule has 6 heteroatoms. The molecule has 6 nitrogen and oxygen atoms in total. The van der Waals surface area contributed by atoms with Gasteiger partial charge in [-0.05, 0) is 89.9 Å². The van der Waals surface area contributed by atoms with E-state index < -0.39 is 6.10 Å². The number of ether oxygens (including phenoxy) is 3. The molecule has 1 unspecified atom stereocenters. The van der Waals surface area contributed by atoms with Gasteiger partial charge < -0.3 is 14.2 Å². The van der Waals surface area contributed by atoms with Crippen molar-refractivity contribution in [3.05, 3.63) is 97.2 Å². The number of carbonyl (C=O) groups excluding carboxylic acids is 3. The molecular weight excluding hydrogens is 781 g/mol. The zero-order valence-electron chi connectivity index (χ0n) is 40.8. The van der Waals surface area contributed by atoms with E-state index in [4.69, 9.17) is 14.2 Å². The Morgan fingerprint density at radius 2 is 0.683 bits per heavy atom. The Balaban J connectivity index is 4.44. The van der Waals surface area contributed by atoms with Gasteiger partial charge in [-0.2, -0.15) is 0 Å². The summed E-state index contributed by atoms with van der Waals surface area (Å²) in [4.78, 5) is 38.0. The summed E-state index contributed by atoms with van der Waals surface area (Å²) in [6, 6.07) is 0. The molecule has 0 fully saturated rings. The fourth-order valence-electron chi connectivity index (χ4n) is 6.82. The second-order valence-corrected chi connectivity index (χ2v) is 16.8. The molecule has 0 aliphatic heterocycles. The molecule has 0 amide bonds. The lowest BCUT2D eigenvalue weighted by atomic mass is 10.1. The van der Waals surface area contributed by atoms with Gasteiger partial charge in [-0.15, -0.1) is 0 Å². The molecule has 63 heavy (non-hydrogen) atoms. The smallest absolute Gasteiger partial charge is 0.306 e. The second-order valence-electron chi connectivity index (χ2n) is 16.8. The van der Waals surface area contributed by atoms with Crippen molar-refractivity contribution in [1.82, 2.24) is 0 Å². The summed E-state index contributed by atoms with van der Waals surface area (Å²) in [5, 5.41) is 0. The predicted octanol–water partition coefficient (Wildman–Crippen LogP) is 17.0. The first-order chi connectivity index (χ1) is 31.0. The summed E-state index contributed by atoms with van der Waals surface area (Å²) in [5.41, 5.74) is 0. The van der Waals surface area contributed by atoms with Crippen LogP contribution >= 0.6 is 0 Å². The van der Waals surface area contributed by atoms with Crippen LogP contribution < -0.4 is 0 Å². The zero-order valence-corrected chi connectivity index (χ0v) is 40.8. The van der Waals surface area contributed by atoms with Crippen molar-refractivity contribution in [3.8, 4) is 0 Å². The molecule has 1 atom stereocenters. The number of rotatable bonds is 45. The highest BCUT2D eigenvalue weighted by atomic mass is 16.6. The van der Waals surface area contributed by atoms with Crippen LogP contribution in [0.15, 0.2) is 97.2 Å². The lowest BCUT2D eigenvalue weighted by Gasteiger charge is -2.18. The first kappa shape index (κ1) is 59.3. The molecule has 0 saturated heterocycles. The van der Waals surface area contributed by atoms with Gasteiger partial charge in [0.25, 0.3) is 0 Å². The maximum atomic E-state index is 12.8. The molecule has 0 aromatic carbocycles. The summed E-state index contributed by atoms with van der Waals surface area (Å²) in [6.45, 7) is 6.31. The van der Waals surface area contributed by atoms with Crippen LogP contribution in [-0.4, -0.2) is 37.2 Å².